The van der Waals surface area contributed by atoms with Gasteiger partial charge in [0.05, 0.1) is 12.2 Å². The number of fused-ring (bicyclic) bond motifs is 1. The van der Waals surface area contributed by atoms with Crippen molar-refractivity contribution in [2.75, 3.05) is 0 Å². The van der Waals surface area contributed by atoms with Crippen LogP contribution >= 0.6 is 0 Å². The van der Waals surface area contributed by atoms with Crippen molar-refractivity contribution >= 4 is 17.7 Å². The van der Waals surface area contributed by atoms with Crippen LogP contribution in [0.2, 0.25) is 0 Å². The number of nitrogens with one attached hydrogen (secondary N) is 2. The highest BCUT2D eigenvalue weighted by molar-refractivity contribution is 6.05. The molecule has 4 N–H and O–H groups in total. The van der Waals surface area contributed by atoms with Crippen LogP contribution in [0.5, 0.6) is 0 Å². The fourth-order valence-electron chi connectivity index (χ4n) is 3.88. The zero-order valence-electron chi connectivity index (χ0n) is 16.8. The van der Waals surface area contributed by atoms with E-state index in [0.717, 1.165) is 16.8 Å². The molecule has 0 bridgehead atoms. The van der Waals surface area contributed by atoms with E-state index in [-0.39, 0.29) is 24.3 Å². The fraction of sp³-hybridized carbons (Fsp3) is 0.450. The maximum Gasteiger partial charge on any atom is 0.255 e. The van der Waals surface area contributed by atoms with Crippen molar-refractivity contribution in [2.45, 2.75) is 58.0 Å². The molecular formula is C20H25N7O3. The van der Waals surface area contributed by atoms with Gasteiger partial charge in [0.15, 0.2) is 0 Å². The number of hydrogen-bond acceptors (Lipinski definition) is 7. The summed E-state index contributed by atoms with van der Waals surface area (Å²) in [4.78, 5) is 37.8. The molecule has 1 saturated heterocycles. The van der Waals surface area contributed by atoms with Gasteiger partial charge in [-0.25, -0.2) is 0 Å². The Bertz CT molecular complexity index is 985. The molecule has 4 rings (SSSR count). The monoisotopic (exact) mass is 411 g/mol. The minimum atomic E-state index is -0.594. The molecule has 1 unspecified atom stereocenters. The van der Waals surface area contributed by atoms with Crippen molar-refractivity contribution in [3.8, 4) is 0 Å². The maximum absolute atomic E-state index is 12.7. The van der Waals surface area contributed by atoms with Gasteiger partial charge in [-0.1, -0.05) is 17.3 Å². The third-order valence-electron chi connectivity index (χ3n) is 5.28. The van der Waals surface area contributed by atoms with E-state index in [0.29, 0.717) is 38.2 Å². The maximum atomic E-state index is 12.7. The number of piperidine rings is 1. The van der Waals surface area contributed by atoms with Crippen LogP contribution < -0.4 is 16.4 Å². The second-order valence-corrected chi connectivity index (χ2v) is 7.90. The van der Waals surface area contributed by atoms with Crippen molar-refractivity contribution in [1.82, 2.24) is 30.5 Å². The second kappa shape index (κ2) is 8.33. The number of hydrogen-bond donors (Lipinski definition) is 3. The van der Waals surface area contributed by atoms with Gasteiger partial charge in [-0.3, -0.25) is 24.4 Å². The number of amides is 3. The van der Waals surface area contributed by atoms with Gasteiger partial charge in [-0.05, 0) is 30.5 Å². The van der Waals surface area contributed by atoms with Crippen molar-refractivity contribution in [2.24, 2.45) is 5.73 Å². The number of imide groups is 1. The largest absolute Gasteiger partial charge is 0.326 e. The average molecular weight is 411 g/mol. The number of carbonyl (C=O) groups is 3. The third kappa shape index (κ3) is 4.24. The van der Waals surface area contributed by atoms with E-state index in [1.807, 2.05) is 25.3 Å². The van der Waals surface area contributed by atoms with Crippen molar-refractivity contribution in [3.63, 3.8) is 0 Å². The molecule has 1 fully saturated rings. The van der Waals surface area contributed by atoms with Crippen molar-refractivity contribution in [1.29, 1.82) is 0 Å². The number of benzene rings is 1. The predicted octanol–water partition coefficient (Wildman–Crippen LogP) is -0.324. The van der Waals surface area contributed by atoms with Gasteiger partial charge in [0.1, 0.15) is 6.04 Å². The molecule has 10 heteroatoms. The van der Waals surface area contributed by atoms with Crippen LogP contribution in [-0.4, -0.2) is 49.7 Å². The van der Waals surface area contributed by atoms with Gasteiger partial charge in [0, 0.05) is 43.9 Å². The smallest absolute Gasteiger partial charge is 0.255 e. The molecule has 0 saturated carbocycles. The van der Waals surface area contributed by atoms with Gasteiger partial charge in [-0.15, -0.1) is 5.10 Å². The summed E-state index contributed by atoms with van der Waals surface area (Å²) in [6, 6.07) is 5.12. The van der Waals surface area contributed by atoms with Crippen LogP contribution in [0, 0.1) is 0 Å². The topological polar surface area (TPSA) is 135 Å². The zero-order chi connectivity index (χ0) is 21.3. The molecule has 2 atom stereocenters. The van der Waals surface area contributed by atoms with Crippen LogP contribution in [0.25, 0.3) is 0 Å². The van der Waals surface area contributed by atoms with Gasteiger partial charge >= 0.3 is 0 Å². The van der Waals surface area contributed by atoms with Crippen molar-refractivity contribution in [3.05, 3.63) is 46.8 Å². The predicted molar refractivity (Wildman–Crippen MR) is 107 cm³/mol. The Balaban J connectivity index is 1.35. The quantitative estimate of drug-likeness (QED) is 0.531. The molecule has 1 aromatic heterocycles. The van der Waals surface area contributed by atoms with E-state index >= 15 is 0 Å². The first-order chi connectivity index (χ1) is 14.4. The number of nitrogens with zero attached hydrogens (tertiary/aromatic N) is 4. The van der Waals surface area contributed by atoms with Crippen LogP contribution in [0.1, 0.15) is 46.9 Å². The lowest BCUT2D eigenvalue weighted by atomic mass is 10.0. The lowest BCUT2D eigenvalue weighted by molar-refractivity contribution is -0.136. The number of carbonyl (C=O) groups excluding carboxylic acids is 3. The normalized spacial score (nSPS) is 19.7. The summed E-state index contributed by atoms with van der Waals surface area (Å²) in [5, 5.41) is 13.8. The molecule has 2 aliphatic rings. The minimum absolute atomic E-state index is 0.0152. The highest BCUT2D eigenvalue weighted by Gasteiger charge is 2.38. The molecule has 3 amide bonds. The minimum Gasteiger partial charge on any atom is -0.326 e. The van der Waals surface area contributed by atoms with Crippen LogP contribution in [0.4, 0.5) is 0 Å². The Morgan fingerprint density at radius 1 is 1.30 bits per heavy atom. The van der Waals surface area contributed by atoms with E-state index in [1.54, 1.807) is 15.6 Å². The lowest BCUT2D eigenvalue weighted by Gasteiger charge is -2.29. The van der Waals surface area contributed by atoms with E-state index in [2.05, 4.69) is 20.9 Å². The number of aromatic nitrogens is 3. The molecule has 0 aliphatic carbocycles. The van der Waals surface area contributed by atoms with Crippen LogP contribution in [-0.2, 0) is 35.8 Å². The van der Waals surface area contributed by atoms with Gasteiger partial charge < -0.3 is 16.0 Å². The number of nitrogens with two attached hydrogens (primary N) is 1. The van der Waals surface area contributed by atoms with E-state index in [4.69, 9.17) is 5.73 Å². The first kappa shape index (κ1) is 20.2. The molecule has 158 valence electrons. The Morgan fingerprint density at radius 2 is 2.13 bits per heavy atom. The molecule has 0 radical (unpaired) electrons. The summed E-state index contributed by atoms with van der Waals surface area (Å²) in [5.74, 6) is -0.845. The Hall–Kier alpha value is -3.11. The molecule has 30 heavy (non-hydrogen) atoms. The zero-order valence-corrected chi connectivity index (χ0v) is 16.8. The average Bonchev–Trinajstić information content (AvgIpc) is 3.25. The molecule has 3 heterocycles. The Morgan fingerprint density at radius 3 is 2.90 bits per heavy atom. The lowest BCUT2D eigenvalue weighted by Crippen LogP contribution is -2.52. The summed E-state index contributed by atoms with van der Waals surface area (Å²) in [7, 11) is 0. The highest BCUT2D eigenvalue weighted by atomic mass is 16.2. The summed E-state index contributed by atoms with van der Waals surface area (Å²) >= 11 is 0. The SMILES string of the molecule is C[C@H](N)Cn1cc(CNCc2ccc3c(c2)CN(C2CCC(=O)NC2=O)C3=O)nn1. The molecule has 1 aromatic carbocycles. The summed E-state index contributed by atoms with van der Waals surface area (Å²) in [5.41, 5.74) is 9.14. The van der Waals surface area contributed by atoms with Crippen LogP contribution in [0.15, 0.2) is 24.4 Å². The first-order valence-electron chi connectivity index (χ1n) is 10.0. The van der Waals surface area contributed by atoms with Crippen LogP contribution in [0.3, 0.4) is 0 Å². The summed E-state index contributed by atoms with van der Waals surface area (Å²) in [6.07, 6.45) is 2.48. The van der Waals surface area contributed by atoms with E-state index < -0.39 is 11.9 Å². The molecular weight excluding hydrogens is 386 g/mol. The molecule has 0 spiro atoms. The summed E-state index contributed by atoms with van der Waals surface area (Å²) < 4.78 is 1.73. The molecule has 2 aromatic rings. The Labute approximate surface area is 173 Å². The standard InChI is InChI=1S/C20H25N7O3/c1-12(21)9-26-11-15(24-25-26)8-22-7-13-2-3-16-14(6-13)10-27(20(16)30)17-4-5-18(28)23-19(17)29/h2-3,6,11-12,17,22H,4-5,7-10,21H2,1H3,(H,23,28,29)/t12-,17?/m0/s1. The Kier molecular flexibility index (Phi) is 5.60. The van der Waals surface area contributed by atoms with Crippen molar-refractivity contribution < 1.29 is 14.4 Å². The van der Waals surface area contributed by atoms with E-state index in [9.17, 15) is 14.4 Å². The number of rotatable bonds is 7. The third-order valence-corrected chi connectivity index (χ3v) is 5.28. The summed E-state index contributed by atoms with van der Waals surface area (Å²) in [6.45, 7) is 4.09. The highest BCUT2D eigenvalue weighted by Crippen LogP contribution is 2.28. The van der Waals surface area contributed by atoms with Gasteiger partial charge in [0.2, 0.25) is 11.8 Å². The molecule has 10 nitrogen and oxygen atoms in total. The van der Waals surface area contributed by atoms with Gasteiger partial charge in [-0.2, -0.15) is 0 Å². The molecule has 2 aliphatic heterocycles. The second-order valence-electron chi connectivity index (χ2n) is 7.90. The van der Waals surface area contributed by atoms with Gasteiger partial charge in [0.25, 0.3) is 5.91 Å². The first-order valence-corrected chi connectivity index (χ1v) is 10.0. The van der Waals surface area contributed by atoms with E-state index in [1.165, 1.54) is 0 Å². The fourth-order valence-corrected chi connectivity index (χ4v) is 3.88.